The van der Waals surface area contributed by atoms with Gasteiger partial charge in [-0.3, -0.25) is 0 Å². The lowest BCUT2D eigenvalue weighted by molar-refractivity contribution is -0.758. The van der Waals surface area contributed by atoms with Gasteiger partial charge in [0, 0.05) is 6.61 Å². The molecule has 1 radical (unpaired) electrons. The van der Waals surface area contributed by atoms with E-state index in [4.69, 9.17) is 9.47 Å². The highest BCUT2D eigenvalue weighted by atomic mass is 17.0. The standard InChI is InChI=1S/C6H12NO5/c1-2-10-3-4-11-5-6-12-7(8)9/h1-6H2. The smallest absolute Gasteiger partial charge is 0.294 e. The van der Waals surface area contributed by atoms with Gasteiger partial charge in [-0.1, -0.05) is 0 Å². The normalized spacial score (nSPS) is 9.75. The largest absolute Gasteiger partial charge is 0.379 e. The molecule has 0 aromatic rings. The zero-order valence-corrected chi connectivity index (χ0v) is 6.73. The van der Waals surface area contributed by atoms with Gasteiger partial charge in [0.2, 0.25) is 0 Å². The van der Waals surface area contributed by atoms with E-state index in [0.29, 0.717) is 19.8 Å². The molecule has 0 aliphatic rings. The molecule has 6 nitrogen and oxygen atoms in total. The molecular weight excluding hydrogens is 166 g/mol. The van der Waals surface area contributed by atoms with Crippen LogP contribution in [0.2, 0.25) is 0 Å². The zero-order valence-electron chi connectivity index (χ0n) is 6.73. The van der Waals surface area contributed by atoms with Gasteiger partial charge < -0.3 is 14.3 Å². The van der Waals surface area contributed by atoms with Crippen LogP contribution in [0.5, 0.6) is 0 Å². The molecule has 0 atom stereocenters. The molecule has 0 saturated heterocycles. The molecule has 0 unspecified atom stereocenters. The molecule has 0 amide bonds. The van der Waals surface area contributed by atoms with Crippen LogP contribution in [-0.2, 0) is 14.3 Å². The second-order valence-electron chi connectivity index (χ2n) is 1.78. The summed E-state index contributed by atoms with van der Waals surface area (Å²) in [6, 6.07) is 0. The molecule has 0 spiro atoms. The highest BCUT2D eigenvalue weighted by molar-refractivity contribution is 4.33. The summed E-state index contributed by atoms with van der Waals surface area (Å²) < 4.78 is 9.75. The molecule has 0 fully saturated rings. The molecule has 0 aromatic heterocycles. The zero-order chi connectivity index (χ0) is 9.23. The molecule has 6 heteroatoms. The maximum absolute atomic E-state index is 9.63. The van der Waals surface area contributed by atoms with Crippen molar-refractivity contribution in [3.63, 3.8) is 0 Å². The van der Waals surface area contributed by atoms with Gasteiger partial charge in [0.05, 0.1) is 19.8 Å². The van der Waals surface area contributed by atoms with Crippen molar-refractivity contribution in [2.75, 3.05) is 33.0 Å². The van der Waals surface area contributed by atoms with Gasteiger partial charge in [0.15, 0.2) is 0 Å². The monoisotopic (exact) mass is 178 g/mol. The number of ether oxygens (including phenoxy) is 2. The topological polar surface area (TPSA) is 70.8 Å². The lowest BCUT2D eigenvalue weighted by Gasteiger charge is -2.02. The van der Waals surface area contributed by atoms with Crippen molar-refractivity contribution < 1.29 is 19.4 Å². The van der Waals surface area contributed by atoms with E-state index >= 15 is 0 Å². The van der Waals surface area contributed by atoms with Crippen molar-refractivity contribution in [2.45, 2.75) is 0 Å². The Kier molecular flexibility index (Phi) is 7.62. The Morgan fingerprint density at radius 2 is 1.75 bits per heavy atom. The molecule has 0 N–H and O–H groups in total. The number of nitrogens with zero attached hydrogens (tertiary/aromatic N) is 1. The fraction of sp³-hybridized carbons (Fsp3) is 0.833. The van der Waals surface area contributed by atoms with Crippen LogP contribution < -0.4 is 0 Å². The summed E-state index contributed by atoms with van der Waals surface area (Å²) in [5, 5.41) is 8.78. The Labute approximate surface area is 70.5 Å². The number of hydrogen-bond acceptors (Lipinski definition) is 5. The van der Waals surface area contributed by atoms with Crippen molar-refractivity contribution in [3.8, 4) is 0 Å². The van der Waals surface area contributed by atoms with Gasteiger partial charge in [-0.2, -0.15) is 0 Å². The third-order valence-corrected chi connectivity index (χ3v) is 0.941. The van der Waals surface area contributed by atoms with Gasteiger partial charge in [-0.15, -0.1) is 10.1 Å². The second kappa shape index (κ2) is 8.22. The van der Waals surface area contributed by atoms with E-state index in [0.717, 1.165) is 0 Å². The van der Waals surface area contributed by atoms with Crippen LogP contribution in [0, 0.1) is 17.0 Å². The summed E-state index contributed by atoms with van der Waals surface area (Å²) in [5.74, 6) is 0. The number of rotatable bonds is 8. The summed E-state index contributed by atoms with van der Waals surface area (Å²) in [6.07, 6.45) is 0. The minimum absolute atomic E-state index is 0.0443. The van der Waals surface area contributed by atoms with Gasteiger partial charge in [-0.25, -0.2) is 0 Å². The van der Waals surface area contributed by atoms with E-state index in [1.54, 1.807) is 0 Å². The molecule has 0 heterocycles. The van der Waals surface area contributed by atoms with Gasteiger partial charge in [0.1, 0.15) is 6.61 Å². The van der Waals surface area contributed by atoms with E-state index in [-0.39, 0.29) is 13.2 Å². The maximum atomic E-state index is 9.63. The minimum Gasteiger partial charge on any atom is -0.379 e. The van der Waals surface area contributed by atoms with Crippen molar-refractivity contribution >= 4 is 0 Å². The first kappa shape index (κ1) is 11.1. The fourth-order valence-corrected chi connectivity index (χ4v) is 0.493. The van der Waals surface area contributed by atoms with Gasteiger partial charge >= 0.3 is 0 Å². The van der Waals surface area contributed by atoms with Gasteiger partial charge in [0.25, 0.3) is 5.09 Å². The van der Waals surface area contributed by atoms with E-state index in [9.17, 15) is 10.1 Å². The Balaban J connectivity index is 2.86. The molecular formula is C6H12NO5. The highest BCUT2D eigenvalue weighted by Gasteiger charge is 1.93. The lowest BCUT2D eigenvalue weighted by atomic mass is 10.7. The van der Waals surface area contributed by atoms with Crippen LogP contribution in [0.15, 0.2) is 0 Å². The van der Waals surface area contributed by atoms with E-state index < -0.39 is 5.09 Å². The SMILES string of the molecule is [CH2]COCCOCCO[N+](=O)[O-]. The average molecular weight is 178 g/mol. The van der Waals surface area contributed by atoms with Crippen molar-refractivity contribution in [1.82, 2.24) is 0 Å². The first-order valence-corrected chi connectivity index (χ1v) is 3.49. The summed E-state index contributed by atoms with van der Waals surface area (Å²) in [6.45, 7) is 4.85. The Morgan fingerprint density at radius 1 is 1.17 bits per heavy atom. The van der Waals surface area contributed by atoms with Crippen LogP contribution in [0.25, 0.3) is 0 Å². The van der Waals surface area contributed by atoms with Crippen molar-refractivity contribution in [2.24, 2.45) is 0 Å². The molecule has 71 valence electrons. The third kappa shape index (κ3) is 9.12. The summed E-state index contributed by atoms with van der Waals surface area (Å²) >= 11 is 0. The fourth-order valence-electron chi connectivity index (χ4n) is 0.493. The van der Waals surface area contributed by atoms with Crippen LogP contribution in [0.3, 0.4) is 0 Å². The Morgan fingerprint density at radius 3 is 2.33 bits per heavy atom. The molecule has 0 rings (SSSR count). The lowest BCUT2D eigenvalue weighted by Crippen LogP contribution is -2.11. The molecule has 0 saturated carbocycles. The summed E-state index contributed by atoms with van der Waals surface area (Å²) in [5.41, 5.74) is 0. The molecule has 0 aliphatic carbocycles. The summed E-state index contributed by atoms with van der Waals surface area (Å²) in [7, 11) is 0. The molecule has 0 aromatic carbocycles. The average Bonchev–Trinajstić information content (AvgIpc) is 2.02. The second-order valence-corrected chi connectivity index (χ2v) is 1.78. The Hall–Kier alpha value is -0.880. The molecule has 0 aliphatic heterocycles. The van der Waals surface area contributed by atoms with Crippen LogP contribution >= 0.6 is 0 Å². The van der Waals surface area contributed by atoms with Crippen LogP contribution in [-0.4, -0.2) is 38.1 Å². The Bertz CT molecular complexity index is 119. The third-order valence-electron chi connectivity index (χ3n) is 0.941. The van der Waals surface area contributed by atoms with E-state index in [1.807, 2.05) is 0 Å². The highest BCUT2D eigenvalue weighted by Crippen LogP contribution is 1.80. The van der Waals surface area contributed by atoms with E-state index in [1.165, 1.54) is 0 Å². The van der Waals surface area contributed by atoms with E-state index in [2.05, 4.69) is 11.8 Å². The van der Waals surface area contributed by atoms with Crippen molar-refractivity contribution in [1.29, 1.82) is 0 Å². The first-order valence-electron chi connectivity index (χ1n) is 3.49. The first-order chi connectivity index (χ1) is 5.77. The quantitative estimate of drug-likeness (QED) is 0.298. The number of hydrogen-bond donors (Lipinski definition) is 0. The molecule has 12 heavy (non-hydrogen) atoms. The van der Waals surface area contributed by atoms with Crippen molar-refractivity contribution in [3.05, 3.63) is 17.0 Å². The van der Waals surface area contributed by atoms with Crippen LogP contribution in [0.1, 0.15) is 0 Å². The maximum Gasteiger partial charge on any atom is 0.294 e. The van der Waals surface area contributed by atoms with Gasteiger partial charge in [-0.05, 0) is 6.92 Å². The predicted octanol–water partition coefficient (Wildman–Crippen LogP) is 0.0620. The predicted molar refractivity (Wildman–Crippen MR) is 39.9 cm³/mol. The van der Waals surface area contributed by atoms with Crippen LogP contribution in [0.4, 0.5) is 0 Å². The summed E-state index contributed by atoms with van der Waals surface area (Å²) in [4.78, 5) is 13.6. The minimum atomic E-state index is -0.851. The molecule has 0 bridgehead atoms.